The fourth-order valence-electron chi connectivity index (χ4n) is 3.25. The Morgan fingerprint density at radius 3 is 2.64 bits per heavy atom. The molecule has 25 heavy (non-hydrogen) atoms. The maximum absolute atomic E-state index is 12.8. The molecular weight excluding hydrogens is 312 g/mol. The second kappa shape index (κ2) is 6.09. The molecule has 0 unspecified atom stereocenters. The van der Waals surface area contributed by atoms with Crippen LogP contribution in [0.15, 0.2) is 47.7 Å². The SMILES string of the molecule is Cc1cccc(C2=Cc3cnn(-c4ncccn4)c(=O)c3CC2)c1C. The molecule has 5 heteroatoms. The number of fused-ring (bicyclic) bond motifs is 1. The first-order chi connectivity index (χ1) is 12.1. The minimum absolute atomic E-state index is 0.139. The Morgan fingerprint density at radius 1 is 1.04 bits per heavy atom. The van der Waals surface area contributed by atoms with E-state index in [2.05, 4.69) is 53.2 Å². The summed E-state index contributed by atoms with van der Waals surface area (Å²) in [5.41, 5.74) is 6.59. The number of aromatic nitrogens is 4. The molecule has 4 rings (SSSR count). The van der Waals surface area contributed by atoms with Crippen molar-refractivity contribution in [3.63, 3.8) is 0 Å². The summed E-state index contributed by atoms with van der Waals surface area (Å²) in [7, 11) is 0. The standard InChI is InChI=1S/C20H18N4O/c1-13-5-3-6-17(14(13)2)15-7-8-18-16(11-15)12-23-24(19(18)25)20-21-9-4-10-22-20/h3-6,9-12H,7-8H2,1-2H3. The maximum Gasteiger partial charge on any atom is 0.278 e. The lowest BCUT2D eigenvalue weighted by atomic mass is 9.87. The van der Waals surface area contributed by atoms with Gasteiger partial charge in [0.1, 0.15) is 0 Å². The maximum atomic E-state index is 12.8. The molecule has 0 saturated heterocycles. The Hall–Kier alpha value is -3.08. The molecule has 0 N–H and O–H groups in total. The fraction of sp³-hybridized carbons (Fsp3) is 0.200. The second-order valence-corrected chi connectivity index (χ2v) is 6.26. The van der Waals surface area contributed by atoms with Gasteiger partial charge in [0.15, 0.2) is 0 Å². The van der Waals surface area contributed by atoms with Crippen molar-refractivity contribution in [2.24, 2.45) is 0 Å². The van der Waals surface area contributed by atoms with Crippen molar-refractivity contribution < 1.29 is 0 Å². The van der Waals surface area contributed by atoms with Crippen molar-refractivity contribution in [1.82, 2.24) is 19.7 Å². The molecule has 0 fully saturated rings. The first-order valence-corrected chi connectivity index (χ1v) is 8.31. The molecule has 3 aromatic rings. The normalized spacial score (nSPS) is 13.3. The lowest BCUT2D eigenvalue weighted by molar-refractivity contribution is 0.730. The second-order valence-electron chi connectivity index (χ2n) is 6.26. The molecule has 1 aliphatic carbocycles. The van der Waals surface area contributed by atoms with Crippen molar-refractivity contribution in [3.8, 4) is 5.95 Å². The summed E-state index contributed by atoms with van der Waals surface area (Å²) in [6.07, 6.45) is 8.57. The molecule has 1 aromatic carbocycles. The molecule has 2 aromatic heterocycles. The lowest BCUT2D eigenvalue weighted by Gasteiger charge is -2.19. The van der Waals surface area contributed by atoms with Crippen LogP contribution >= 0.6 is 0 Å². The van der Waals surface area contributed by atoms with E-state index in [0.717, 1.165) is 17.5 Å². The van der Waals surface area contributed by atoms with Crippen LogP contribution in [-0.2, 0) is 6.42 Å². The third-order valence-electron chi connectivity index (χ3n) is 4.78. The van der Waals surface area contributed by atoms with E-state index in [9.17, 15) is 4.79 Å². The van der Waals surface area contributed by atoms with Crippen LogP contribution in [0.3, 0.4) is 0 Å². The molecule has 0 atom stereocenters. The van der Waals surface area contributed by atoms with E-state index in [1.54, 1.807) is 24.7 Å². The van der Waals surface area contributed by atoms with E-state index in [1.165, 1.54) is 26.9 Å². The Labute approximate surface area is 145 Å². The largest absolute Gasteiger partial charge is 0.278 e. The summed E-state index contributed by atoms with van der Waals surface area (Å²) in [6.45, 7) is 4.26. The molecule has 124 valence electrons. The number of benzene rings is 1. The average Bonchev–Trinajstić information content (AvgIpc) is 2.65. The zero-order chi connectivity index (χ0) is 17.4. The van der Waals surface area contributed by atoms with Gasteiger partial charge in [-0.2, -0.15) is 9.78 Å². The predicted molar refractivity (Wildman–Crippen MR) is 97.5 cm³/mol. The molecule has 0 spiro atoms. The van der Waals surface area contributed by atoms with Gasteiger partial charge in [-0.3, -0.25) is 4.79 Å². The van der Waals surface area contributed by atoms with Gasteiger partial charge in [0.05, 0.1) is 6.20 Å². The topological polar surface area (TPSA) is 60.7 Å². The van der Waals surface area contributed by atoms with Gasteiger partial charge >= 0.3 is 0 Å². The van der Waals surface area contributed by atoms with Crippen LogP contribution in [0.25, 0.3) is 17.6 Å². The molecule has 0 bridgehead atoms. The molecule has 0 radical (unpaired) electrons. The highest BCUT2D eigenvalue weighted by molar-refractivity contribution is 5.85. The Morgan fingerprint density at radius 2 is 1.84 bits per heavy atom. The lowest BCUT2D eigenvalue weighted by Crippen LogP contribution is -2.28. The van der Waals surface area contributed by atoms with Gasteiger partial charge in [-0.15, -0.1) is 0 Å². The number of hydrogen-bond acceptors (Lipinski definition) is 4. The first kappa shape index (κ1) is 15.4. The number of allylic oxidation sites excluding steroid dienone is 1. The highest BCUT2D eigenvalue weighted by Gasteiger charge is 2.19. The quantitative estimate of drug-likeness (QED) is 0.724. The number of aryl methyl sites for hydroxylation is 1. The Kier molecular flexibility index (Phi) is 3.76. The van der Waals surface area contributed by atoms with Gasteiger partial charge in [-0.25, -0.2) is 9.97 Å². The minimum Gasteiger partial charge on any atom is -0.267 e. The van der Waals surface area contributed by atoms with E-state index in [0.29, 0.717) is 12.4 Å². The summed E-state index contributed by atoms with van der Waals surface area (Å²) >= 11 is 0. The summed E-state index contributed by atoms with van der Waals surface area (Å²) in [4.78, 5) is 21.0. The zero-order valence-corrected chi connectivity index (χ0v) is 14.2. The molecule has 5 nitrogen and oxygen atoms in total. The number of rotatable bonds is 2. The van der Waals surface area contributed by atoms with Crippen LogP contribution in [0, 0.1) is 13.8 Å². The fourth-order valence-corrected chi connectivity index (χ4v) is 3.25. The molecule has 0 amide bonds. The summed E-state index contributed by atoms with van der Waals surface area (Å²) in [5.74, 6) is 0.305. The Bertz CT molecular complexity index is 1040. The smallest absolute Gasteiger partial charge is 0.267 e. The van der Waals surface area contributed by atoms with Crippen LogP contribution < -0.4 is 5.56 Å². The van der Waals surface area contributed by atoms with Crippen molar-refractivity contribution >= 4 is 11.6 Å². The summed E-state index contributed by atoms with van der Waals surface area (Å²) in [6, 6.07) is 8.06. The van der Waals surface area contributed by atoms with Gasteiger partial charge in [-0.1, -0.05) is 18.2 Å². The average molecular weight is 330 g/mol. The third-order valence-corrected chi connectivity index (χ3v) is 4.78. The van der Waals surface area contributed by atoms with Gasteiger partial charge in [0.2, 0.25) is 0 Å². The monoisotopic (exact) mass is 330 g/mol. The van der Waals surface area contributed by atoms with Crippen LogP contribution in [0.4, 0.5) is 0 Å². The van der Waals surface area contributed by atoms with Crippen LogP contribution in [0.5, 0.6) is 0 Å². The highest BCUT2D eigenvalue weighted by atomic mass is 16.1. The van der Waals surface area contributed by atoms with Crippen LogP contribution in [0.1, 0.15) is 34.2 Å². The molecule has 0 saturated carbocycles. The number of nitrogens with zero attached hydrogens (tertiary/aromatic N) is 4. The number of hydrogen-bond donors (Lipinski definition) is 0. The highest BCUT2D eigenvalue weighted by Crippen LogP contribution is 2.31. The van der Waals surface area contributed by atoms with Crippen LogP contribution in [-0.4, -0.2) is 19.7 Å². The van der Waals surface area contributed by atoms with Gasteiger partial charge in [0, 0.05) is 23.5 Å². The molecule has 0 aliphatic heterocycles. The van der Waals surface area contributed by atoms with Crippen molar-refractivity contribution in [1.29, 1.82) is 0 Å². The van der Waals surface area contributed by atoms with Gasteiger partial charge < -0.3 is 0 Å². The van der Waals surface area contributed by atoms with Gasteiger partial charge in [0.25, 0.3) is 11.5 Å². The van der Waals surface area contributed by atoms with E-state index in [-0.39, 0.29) is 5.56 Å². The van der Waals surface area contributed by atoms with Gasteiger partial charge in [-0.05, 0) is 61.1 Å². The predicted octanol–water partition coefficient (Wildman–Crippen LogP) is 3.13. The van der Waals surface area contributed by atoms with E-state index in [4.69, 9.17) is 0 Å². The van der Waals surface area contributed by atoms with E-state index in [1.807, 2.05) is 0 Å². The minimum atomic E-state index is -0.139. The molecule has 2 heterocycles. The van der Waals surface area contributed by atoms with Crippen molar-refractivity contribution in [2.45, 2.75) is 26.7 Å². The molecule has 1 aliphatic rings. The summed E-state index contributed by atoms with van der Waals surface area (Å²) < 4.78 is 1.27. The van der Waals surface area contributed by atoms with Crippen molar-refractivity contribution in [3.05, 3.63) is 81.0 Å². The van der Waals surface area contributed by atoms with Crippen molar-refractivity contribution in [2.75, 3.05) is 0 Å². The van der Waals surface area contributed by atoms with E-state index >= 15 is 0 Å². The zero-order valence-electron chi connectivity index (χ0n) is 14.2. The summed E-state index contributed by atoms with van der Waals surface area (Å²) in [5, 5.41) is 4.26. The third kappa shape index (κ3) is 2.67. The first-order valence-electron chi connectivity index (χ1n) is 8.31. The molecular formula is C20H18N4O. The Balaban J connectivity index is 1.81. The van der Waals surface area contributed by atoms with Crippen LogP contribution in [0.2, 0.25) is 0 Å². The van der Waals surface area contributed by atoms with E-state index < -0.39 is 0 Å².